The second kappa shape index (κ2) is 11.9. The second-order valence-corrected chi connectivity index (χ2v) is 13.6. The van der Waals surface area contributed by atoms with Gasteiger partial charge in [-0.2, -0.15) is 4.31 Å². The highest BCUT2D eigenvalue weighted by atomic mass is 32.2. The number of nitrogens with one attached hydrogen (secondary N) is 1. The largest absolute Gasteiger partial charge is 0.372 e. The number of sulfonamides is 1. The number of aryl methyl sites for hydroxylation is 1. The van der Waals surface area contributed by atoms with Crippen LogP contribution in [0.3, 0.4) is 0 Å². The number of rotatable bonds is 4. The Balaban J connectivity index is 0.000000523. The average Bonchev–Trinajstić information content (AvgIpc) is 3.74. The Hall–Kier alpha value is -2.87. The lowest BCUT2D eigenvalue weighted by atomic mass is 9.96. The van der Waals surface area contributed by atoms with Crippen LogP contribution >= 0.6 is 0 Å². The van der Waals surface area contributed by atoms with E-state index < -0.39 is 10.0 Å². The molecule has 0 saturated carbocycles. The summed E-state index contributed by atoms with van der Waals surface area (Å²) >= 11 is 0. The molecule has 0 aliphatic carbocycles. The van der Waals surface area contributed by atoms with E-state index in [9.17, 15) is 8.42 Å². The van der Waals surface area contributed by atoms with Crippen molar-refractivity contribution in [2.45, 2.75) is 63.4 Å². The third-order valence-corrected chi connectivity index (χ3v) is 10.7. The molecule has 2 fully saturated rings. The van der Waals surface area contributed by atoms with Crippen LogP contribution in [0.4, 0.5) is 11.4 Å². The first-order valence-corrected chi connectivity index (χ1v) is 16.4. The van der Waals surface area contributed by atoms with Gasteiger partial charge in [0.2, 0.25) is 10.0 Å². The van der Waals surface area contributed by atoms with Crippen molar-refractivity contribution in [1.29, 1.82) is 0 Å². The van der Waals surface area contributed by atoms with Gasteiger partial charge in [0.05, 0.1) is 4.90 Å². The highest BCUT2D eigenvalue weighted by molar-refractivity contribution is 7.89. The van der Waals surface area contributed by atoms with Crippen LogP contribution < -0.4 is 15.1 Å². The minimum atomic E-state index is -3.48. The first-order valence-electron chi connectivity index (χ1n) is 15.0. The fraction of sp³-hybridized carbons (Fsp3) is 0.455. The first-order chi connectivity index (χ1) is 19.5. The number of fused-ring (bicyclic) bond motifs is 2. The molecule has 0 aromatic heterocycles. The fourth-order valence-electron chi connectivity index (χ4n) is 6.33. The van der Waals surface area contributed by atoms with E-state index in [4.69, 9.17) is 0 Å². The molecule has 0 spiro atoms. The number of hydrogen-bond donors (Lipinski definition) is 1. The zero-order valence-corrected chi connectivity index (χ0v) is 24.6. The molecule has 4 aliphatic rings. The molecule has 4 heterocycles. The maximum Gasteiger partial charge on any atom is 0.243 e. The minimum absolute atomic E-state index is 0.378. The molecule has 0 amide bonds. The van der Waals surface area contributed by atoms with Gasteiger partial charge in [-0.3, -0.25) is 0 Å². The summed E-state index contributed by atoms with van der Waals surface area (Å²) in [6, 6.07) is 20.8. The van der Waals surface area contributed by atoms with E-state index in [1.54, 1.807) is 16.4 Å². The standard InChI is InChI=1S/C29H33N3O2S.C4H9N/c1-22-4-10-29(11-5-22)35(33,34)32-17-13-24-19-28(9-7-26(24)21-32)31-16-12-23-18-27(8-6-25(23)20-31)30-14-2-3-15-30;1-2-4-5-3-1/h4-11,18-19H,2-3,12-17,20-21H2,1H3;5H,1-4H2. The van der Waals surface area contributed by atoms with Crippen molar-refractivity contribution >= 4 is 21.4 Å². The van der Waals surface area contributed by atoms with E-state index >= 15 is 0 Å². The van der Waals surface area contributed by atoms with Crippen LogP contribution in [0.1, 0.15) is 53.5 Å². The molecular weight excluding hydrogens is 516 g/mol. The first kappa shape index (κ1) is 27.3. The summed E-state index contributed by atoms with van der Waals surface area (Å²) in [5, 5.41) is 3.22. The monoisotopic (exact) mass is 558 g/mol. The van der Waals surface area contributed by atoms with Gasteiger partial charge in [-0.05, 0) is 117 Å². The molecule has 7 rings (SSSR count). The van der Waals surface area contributed by atoms with Gasteiger partial charge in [-0.15, -0.1) is 0 Å². The summed E-state index contributed by atoms with van der Waals surface area (Å²) in [4.78, 5) is 5.36. The fourth-order valence-corrected chi connectivity index (χ4v) is 7.75. The lowest BCUT2D eigenvalue weighted by molar-refractivity contribution is 0.391. The Bertz CT molecular complexity index is 1420. The number of hydrogen-bond acceptors (Lipinski definition) is 5. The molecule has 0 bridgehead atoms. The van der Waals surface area contributed by atoms with Crippen molar-refractivity contribution < 1.29 is 8.42 Å². The highest BCUT2D eigenvalue weighted by Crippen LogP contribution is 2.32. The molecule has 3 aromatic rings. The summed E-state index contributed by atoms with van der Waals surface area (Å²) < 4.78 is 27.9. The van der Waals surface area contributed by atoms with Gasteiger partial charge in [0, 0.05) is 50.6 Å². The smallest absolute Gasteiger partial charge is 0.243 e. The molecule has 212 valence electrons. The van der Waals surface area contributed by atoms with Gasteiger partial charge in [0.1, 0.15) is 0 Å². The topological polar surface area (TPSA) is 55.9 Å². The van der Waals surface area contributed by atoms with E-state index in [1.807, 2.05) is 19.1 Å². The number of anilines is 2. The molecule has 0 atom stereocenters. The van der Waals surface area contributed by atoms with E-state index in [0.29, 0.717) is 18.0 Å². The zero-order valence-electron chi connectivity index (χ0n) is 23.7. The summed E-state index contributed by atoms with van der Waals surface area (Å²) in [6.07, 6.45) is 7.20. The summed E-state index contributed by atoms with van der Waals surface area (Å²) in [6.45, 7) is 9.75. The molecule has 4 aliphatic heterocycles. The zero-order chi connectivity index (χ0) is 27.5. The highest BCUT2D eigenvalue weighted by Gasteiger charge is 2.29. The summed E-state index contributed by atoms with van der Waals surface area (Å²) in [7, 11) is -3.48. The Labute approximate surface area is 240 Å². The summed E-state index contributed by atoms with van der Waals surface area (Å²) in [5.41, 5.74) is 8.98. The molecule has 2 saturated heterocycles. The molecule has 6 nitrogen and oxygen atoms in total. The molecule has 0 unspecified atom stereocenters. The lowest BCUT2D eigenvalue weighted by Gasteiger charge is -2.33. The Kier molecular flexibility index (Phi) is 8.15. The van der Waals surface area contributed by atoms with E-state index in [-0.39, 0.29) is 0 Å². The minimum Gasteiger partial charge on any atom is -0.372 e. The van der Waals surface area contributed by atoms with Crippen LogP contribution in [-0.4, -0.2) is 52.0 Å². The SMILES string of the molecule is C1CCNC1.Cc1ccc(S(=O)(=O)N2CCc3cc(N4CCc5cc(N6CCCC6)ccc5C4)ccc3C2)cc1. The van der Waals surface area contributed by atoms with Crippen LogP contribution in [0, 0.1) is 6.92 Å². The third kappa shape index (κ3) is 5.92. The van der Waals surface area contributed by atoms with Crippen molar-refractivity contribution in [3.8, 4) is 0 Å². The Morgan fingerprint density at radius 1 is 0.625 bits per heavy atom. The Morgan fingerprint density at radius 2 is 1.23 bits per heavy atom. The second-order valence-electron chi connectivity index (χ2n) is 11.6. The van der Waals surface area contributed by atoms with Gasteiger partial charge >= 0.3 is 0 Å². The quantitative estimate of drug-likeness (QED) is 0.473. The van der Waals surface area contributed by atoms with Crippen LogP contribution in [0.5, 0.6) is 0 Å². The van der Waals surface area contributed by atoms with E-state index in [2.05, 4.69) is 51.5 Å². The van der Waals surface area contributed by atoms with Gasteiger partial charge in [-0.25, -0.2) is 8.42 Å². The van der Waals surface area contributed by atoms with Crippen molar-refractivity contribution in [3.63, 3.8) is 0 Å². The molecule has 0 radical (unpaired) electrons. The van der Waals surface area contributed by atoms with Crippen molar-refractivity contribution in [2.24, 2.45) is 0 Å². The number of nitrogens with zero attached hydrogens (tertiary/aromatic N) is 3. The van der Waals surface area contributed by atoms with Crippen molar-refractivity contribution in [1.82, 2.24) is 9.62 Å². The number of benzene rings is 3. The van der Waals surface area contributed by atoms with Crippen LogP contribution in [0.25, 0.3) is 0 Å². The molecular formula is C33H42N4O2S. The van der Waals surface area contributed by atoms with Crippen LogP contribution in [0.15, 0.2) is 65.6 Å². The van der Waals surface area contributed by atoms with Gasteiger partial charge in [0.15, 0.2) is 0 Å². The van der Waals surface area contributed by atoms with Crippen molar-refractivity contribution in [3.05, 3.63) is 88.5 Å². The maximum absolute atomic E-state index is 13.2. The molecule has 7 heteroatoms. The van der Waals surface area contributed by atoms with E-state index in [0.717, 1.165) is 37.1 Å². The maximum atomic E-state index is 13.2. The van der Waals surface area contributed by atoms with Gasteiger partial charge < -0.3 is 15.1 Å². The van der Waals surface area contributed by atoms with Crippen molar-refractivity contribution in [2.75, 3.05) is 49.1 Å². The van der Waals surface area contributed by atoms with Crippen LogP contribution in [0.2, 0.25) is 0 Å². The molecule has 40 heavy (non-hydrogen) atoms. The van der Waals surface area contributed by atoms with Crippen LogP contribution in [-0.2, 0) is 36.0 Å². The molecule has 1 N–H and O–H groups in total. The Morgan fingerprint density at radius 3 is 1.85 bits per heavy atom. The van der Waals surface area contributed by atoms with E-state index in [1.165, 1.54) is 79.9 Å². The van der Waals surface area contributed by atoms with Gasteiger partial charge in [0.25, 0.3) is 0 Å². The third-order valence-electron chi connectivity index (χ3n) is 8.82. The molecule has 3 aromatic carbocycles. The van der Waals surface area contributed by atoms with Gasteiger partial charge in [-0.1, -0.05) is 29.8 Å². The summed E-state index contributed by atoms with van der Waals surface area (Å²) in [5.74, 6) is 0. The average molecular weight is 559 g/mol. The predicted octanol–water partition coefficient (Wildman–Crippen LogP) is 5.27. The predicted molar refractivity (Wildman–Crippen MR) is 164 cm³/mol. The normalized spacial score (nSPS) is 19.1. The lowest BCUT2D eigenvalue weighted by Crippen LogP contribution is -2.36.